The minimum absolute atomic E-state index is 0.0684. The van der Waals surface area contributed by atoms with Gasteiger partial charge >= 0.3 is 0 Å². The largest absolute Gasteiger partial charge is 0.364 e. The van der Waals surface area contributed by atoms with Crippen LogP contribution in [0, 0.1) is 0 Å². The molecule has 0 saturated heterocycles. The van der Waals surface area contributed by atoms with Crippen LogP contribution in [0.3, 0.4) is 0 Å². The molecule has 2 amide bonds. The molecule has 4 nitrogen and oxygen atoms in total. The summed E-state index contributed by atoms with van der Waals surface area (Å²) in [6.45, 7) is 0. The quantitative estimate of drug-likeness (QED) is 0.733. The van der Waals surface area contributed by atoms with E-state index in [0.717, 1.165) is 0 Å². The van der Waals surface area contributed by atoms with Crippen molar-refractivity contribution in [1.82, 2.24) is 5.32 Å². The highest BCUT2D eigenvalue weighted by Crippen LogP contribution is 2.21. The number of amides is 2. The van der Waals surface area contributed by atoms with Gasteiger partial charge in [-0.05, 0) is 6.08 Å². The van der Waals surface area contributed by atoms with Crippen molar-refractivity contribution in [2.24, 2.45) is 5.73 Å². The van der Waals surface area contributed by atoms with E-state index >= 15 is 0 Å². The maximum absolute atomic E-state index is 11.1. The SMILES string of the molecule is NC(=O)C1=C(Cl)C=C(Br)CC(=O)N1. The Kier molecular flexibility index (Phi) is 3.11. The highest BCUT2D eigenvalue weighted by atomic mass is 79.9. The van der Waals surface area contributed by atoms with Gasteiger partial charge in [0.2, 0.25) is 5.91 Å². The first-order valence-corrected chi connectivity index (χ1v) is 4.53. The average Bonchev–Trinajstić information content (AvgIpc) is 2.09. The molecule has 70 valence electrons. The number of nitrogens with two attached hydrogens (primary N) is 1. The zero-order valence-electron chi connectivity index (χ0n) is 6.43. The Morgan fingerprint density at radius 1 is 1.69 bits per heavy atom. The van der Waals surface area contributed by atoms with E-state index in [9.17, 15) is 9.59 Å². The van der Waals surface area contributed by atoms with Crippen LogP contribution >= 0.6 is 27.5 Å². The Labute approximate surface area is 87.9 Å². The van der Waals surface area contributed by atoms with Crippen LogP contribution in [0.4, 0.5) is 0 Å². The van der Waals surface area contributed by atoms with Gasteiger partial charge in [-0.3, -0.25) is 9.59 Å². The fourth-order valence-electron chi connectivity index (χ4n) is 0.837. The monoisotopic (exact) mass is 264 g/mol. The summed E-state index contributed by atoms with van der Waals surface area (Å²) in [5.41, 5.74) is 4.93. The molecule has 0 aromatic heterocycles. The predicted molar refractivity (Wildman–Crippen MR) is 51.8 cm³/mol. The molecule has 0 aromatic carbocycles. The summed E-state index contributed by atoms with van der Waals surface area (Å²) in [4.78, 5) is 21.9. The number of carbonyl (C=O) groups excluding carboxylic acids is 2. The normalized spacial score (nSPS) is 17.7. The van der Waals surface area contributed by atoms with Gasteiger partial charge in [-0.1, -0.05) is 27.5 Å². The fraction of sp³-hybridized carbons (Fsp3) is 0.143. The summed E-state index contributed by atoms with van der Waals surface area (Å²) in [5.74, 6) is -1.08. The minimum atomic E-state index is -0.753. The Balaban J connectivity index is 3.10. The third kappa shape index (κ3) is 2.57. The zero-order valence-corrected chi connectivity index (χ0v) is 8.78. The minimum Gasteiger partial charge on any atom is -0.364 e. The van der Waals surface area contributed by atoms with Crippen molar-refractivity contribution in [3.05, 3.63) is 21.3 Å². The molecule has 1 aliphatic heterocycles. The number of halogens is 2. The smallest absolute Gasteiger partial charge is 0.266 e. The van der Waals surface area contributed by atoms with Crippen LogP contribution in [0.2, 0.25) is 0 Å². The van der Waals surface area contributed by atoms with Crippen molar-refractivity contribution >= 4 is 39.3 Å². The second kappa shape index (κ2) is 3.93. The van der Waals surface area contributed by atoms with Gasteiger partial charge in [-0.25, -0.2) is 0 Å². The van der Waals surface area contributed by atoms with E-state index in [-0.39, 0.29) is 23.1 Å². The van der Waals surface area contributed by atoms with E-state index in [1.54, 1.807) is 0 Å². The van der Waals surface area contributed by atoms with E-state index in [1.807, 2.05) is 0 Å². The number of carbonyl (C=O) groups is 2. The number of allylic oxidation sites excluding steroid dienone is 2. The molecule has 3 N–H and O–H groups in total. The summed E-state index contributed by atoms with van der Waals surface area (Å²) in [7, 11) is 0. The van der Waals surface area contributed by atoms with Crippen molar-refractivity contribution in [2.45, 2.75) is 6.42 Å². The molecule has 1 heterocycles. The van der Waals surface area contributed by atoms with Crippen molar-refractivity contribution in [2.75, 3.05) is 0 Å². The van der Waals surface area contributed by atoms with Crippen molar-refractivity contribution in [3.63, 3.8) is 0 Å². The lowest BCUT2D eigenvalue weighted by Crippen LogP contribution is -2.30. The molecule has 6 heteroatoms. The zero-order chi connectivity index (χ0) is 10.0. The van der Waals surface area contributed by atoms with Crippen LogP contribution in [-0.4, -0.2) is 11.8 Å². The van der Waals surface area contributed by atoms with Crippen LogP contribution < -0.4 is 11.1 Å². The van der Waals surface area contributed by atoms with Gasteiger partial charge in [0.25, 0.3) is 5.91 Å². The van der Waals surface area contributed by atoms with E-state index < -0.39 is 5.91 Å². The highest BCUT2D eigenvalue weighted by Gasteiger charge is 2.17. The lowest BCUT2D eigenvalue weighted by Gasteiger charge is -2.03. The second-order valence-corrected chi connectivity index (χ2v) is 3.83. The fourth-order valence-corrected chi connectivity index (χ4v) is 1.72. The van der Waals surface area contributed by atoms with Crippen LogP contribution in [0.1, 0.15) is 6.42 Å². The average molecular weight is 265 g/mol. The topological polar surface area (TPSA) is 72.2 Å². The van der Waals surface area contributed by atoms with Gasteiger partial charge < -0.3 is 11.1 Å². The maximum atomic E-state index is 11.1. The summed E-state index contributed by atoms with van der Waals surface area (Å²) in [6.07, 6.45) is 1.62. The lowest BCUT2D eigenvalue weighted by molar-refractivity contribution is -0.122. The molecule has 0 radical (unpaired) electrons. The number of rotatable bonds is 1. The lowest BCUT2D eigenvalue weighted by atomic mass is 10.3. The molecule has 0 unspecified atom stereocenters. The van der Waals surface area contributed by atoms with Crippen LogP contribution in [0.25, 0.3) is 0 Å². The van der Waals surface area contributed by atoms with Crippen LogP contribution in [0.5, 0.6) is 0 Å². The maximum Gasteiger partial charge on any atom is 0.266 e. The van der Waals surface area contributed by atoms with Gasteiger partial charge in [0, 0.05) is 4.48 Å². The van der Waals surface area contributed by atoms with Crippen LogP contribution in [-0.2, 0) is 9.59 Å². The molecule has 0 fully saturated rings. The molecule has 13 heavy (non-hydrogen) atoms. The highest BCUT2D eigenvalue weighted by molar-refractivity contribution is 9.11. The standard InChI is InChI=1S/C7H6BrClN2O2/c8-3-1-4(9)6(7(10)13)11-5(12)2-3/h1H,2H2,(H2,10,13)(H,11,12). The summed E-state index contributed by atoms with van der Waals surface area (Å²) in [6, 6.07) is 0. The Bertz CT molecular complexity index is 335. The number of hydrogen-bond acceptors (Lipinski definition) is 2. The Hall–Kier alpha value is -0.810. The van der Waals surface area contributed by atoms with Gasteiger partial charge in [-0.15, -0.1) is 0 Å². The first-order chi connectivity index (χ1) is 6.00. The van der Waals surface area contributed by atoms with Crippen molar-refractivity contribution in [1.29, 1.82) is 0 Å². The molecule has 0 atom stereocenters. The molecule has 0 aromatic rings. The predicted octanol–water partition coefficient (Wildman–Crippen LogP) is 0.721. The van der Waals surface area contributed by atoms with E-state index in [0.29, 0.717) is 4.48 Å². The molecular weight excluding hydrogens is 259 g/mol. The van der Waals surface area contributed by atoms with Gasteiger partial charge in [0.1, 0.15) is 5.70 Å². The Morgan fingerprint density at radius 3 is 2.85 bits per heavy atom. The van der Waals surface area contributed by atoms with Gasteiger partial charge in [0.15, 0.2) is 0 Å². The van der Waals surface area contributed by atoms with E-state index in [2.05, 4.69) is 21.2 Å². The van der Waals surface area contributed by atoms with Crippen molar-refractivity contribution < 1.29 is 9.59 Å². The summed E-state index contributed by atoms with van der Waals surface area (Å²) >= 11 is 8.83. The molecule has 1 aliphatic rings. The number of nitrogens with one attached hydrogen (secondary N) is 1. The number of primary amides is 1. The van der Waals surface area contributed by atoms with Crippen LogP contribution in [0.15, 0.2) is 21.3 Å². The third-order valence-corrected chi connectivity index (χ3v) is 2.17. The van der Waals surface area contributed by atoms with Crippen molar-refractivity contribution in [3.8, 4) is 0 Å². The molecule has 0 bridgehead atoms. The first kappa shape index (κ1) is 10.3. The van der Waals surface area contributed by atoms with Gasteiger partial charge in [-0.2, -0.15) is 0 Å². The summed E-state index contributed by atoms with van der Waals surface area (Å²) in [5, 5.41) is 2.44. The summed E-state index contributed by atoms with van der Waals surface area (Å²) < 4.78 is 0.603. The Morgan fingerprint density at radius 2 is 2.31 bits per heavy atom. The number of hydrogen-bond donors (Lipinski definition) is 2. The second-order valence-electron chi connectivity index (χ2n) is 2.40. The van der Waals surface area contributed by atoms with E-state index in [4.69, 9.17) is 17.3 Å². The molecule has 1 rings (SSSR count). The van der Waals surface area contributed by atoms with Gasteiger partial charge in [0.05, 0.1) is 11.5 Å². The molecule has 0 spiro atoms. The molecule has 0 aliphatic carbocycles. The molecular formula is C7H6BrClN2O2. The molecule has 0 saturated carbocycles. The first-order valence-electron chi connectivity index (χ1n) is 3.36. The van der Waals surface area contributed by atoms with E-state index in [1.165, 1.54) is 6.08 Å². The third-order valence-electron chi connectivity index (χ3n) is 1.36.